The highest BCUT2D eigenvalue weighted by molar-refractivity contribution is 6.34. The van der Waals surface area contributed by atoms with E-state index in [0.29, 0.717) is 5.02 Å². The number of aryl methyl sites for hydroxylation is 1. The van der Waals surface area contributed by atoms with Crippen LogP contribution in [0.5, 0.6) is 0 Å². The summed E-state index contributed by atoms with van der Waals surface area (Å²) in [4.78, 5) is 36.0. The molecular formula is C18H16ClNO5. The fourth-order valence-corrected chi connectivity index (χ4v) is 2.49. The SMILES string of the molecule is COC(=O)c1cc(NC(=O)c2ccc(C)cc2Cl)cc(C(=O)OC)c1. The maximum atomic E-state index is 12.4. The zero-order valence-corrected chi connectivity index (χ0v) is 14.6. The van der Waals surface area contributed by atoms with E-state index in [2.05, 4.69) is 14.8 Å². The van der Waals surface area contributed by atoms with Crippen molar-refractivity contribution >= 4 is 35.1 Å². The van der Waals surface area contributed by atoms with E-state index in [9.17, 15) is 14.4 Å². The van der Waals surface area contributed by atoms with Gasteiger partial charge in [-0.25, -0.2) is 9.59 Å². The Morgan fingerprint density at radius 1 is 0.920 bits per heavy atom. The molecule has 0 bridgehead atoms. The van der Waals surface area contributed by atoms with Gasteiger partial charge < -0.3 is 14.8 Å². The van der Waals surface area contributed by atoms with Gasteiger partial charge in [0.2, 0.25) is 0 Å². The first-order valence-electron chi connectivity index (χ1n) is 7.25. The molecule has 2 rings (SSSR count). The van der Waals surface area contributed by atoms with Gasteiger partial charge in [0.25, 0.3) is 5.91 Å². The molecule has 1 N–H and O–H groups in total. The molecular weight excluding hydrogens is 346 g/mol. The van der Waals surface area contributed by atoms with Gasteiger partial charge in [0, 0.05) is 5.69 Å². The molecule has 0 fully saturated rings. The van der Waals surface area contributed by atoms with Crippen molar-refractivity contribution in [1.29, 1.82) is 0 Å². The van der Waals surface area contributed by atoms with Crippen molar-refractivity contribution in [2.75, 3.05) is 19.5 Å². The lowest BCUT2D eigenvalue weighted by molar-refractivity contribution is 0.0599. The van der Waals surface area contributed by atoms with Gasteiger partial charge in [0.1, 0.15) is 0 Å². The van der Waals surface area contributed by atoms with Crippen molar-refractivity contribution in [3.05, 3.63) is 63.7 Å². The van der Waals surface area contributed by atoms with Gasteiger partial charge in [-0.15, -0.1) is 0 Å². The lowest BCUT2D eigenvalue weighted by Crippen LogP contribution is -2.14. The fraction of sp³-hybridized carbons (Fsp3) is 0.167. The number of nitrogens with one attached hydrogen (secondary N) is 1. The van der Waals surface area contributed by atoms with Gasteiger partial charge in [0.05, 0.1) is 35.9 Å². The van der Waals surface area contributed by atoms with Crippen LogP contribution in [-0.4, -0.2) is 32.1 Å². The Labute approximate surface area is 149 Å². The third-order valence-electron chi connectivity index (χ3n) is 3.40. The second-order valence-electron chi connectivity index (χ2n) is 5.22. The summed E-state index contributed by atoms with van der Waals surface area (Å²) in [5, 5.41) is 2.92. The summed E-state index contributed by atoms with van der Waals surface area (Å²) in [6.07, 6.45) is 0. The lowest BCUT2D eigenvalue weighted by Gasteiger charge is -2.10. The highest BCUT2D eigenvalue weighted by Gasteiger charge is 2.16. The molecule has 0 aliphatic heterocycles. The summed E-state index contributed by atoms with van der Waals surface area (Å²) in [5.41, 5.74) is 1.65. The number of hydrogen-bond acceptors (Lipinski definition) is 5. The molecule has 0 atom stereocenters. The Morgan fingerprint density at radius 2 is 1.48 bits per heavy atom. The molecule has 25 heavy (non-hydrogen) atoms. The second-order valence-corrected chi connectivity index (χ2v) is 5.63. The van der Waals surface area contributed by atoms with Crippen LogP contribution in [0.4, 0.5) is 5.69 Å². The summed E-state index contributed by atoms with van der Waals surface area (Å²) < 4.78 is 9.31. The number of carbonyl (C=O) groups is 3. The van der Waals surface area contributed by atoms with E-state index in [1.807, 2.05) is 6.92 Å². The molecule has 0 radical (unpaired) electrons. The van der Waals surface area contributed by atoms with E-state index in [1.165, 1.54) is 32.4 Å². The fourth-order valence-electron chi connectivity index (χ4n) is 2.17. The number of methoxy groups -OCH3 is 2. The Hall–Kier alpha value is -2.86. The molecule has 6 nitrogen and oxygen atoms in total. The lowest BCUT2D eigenvalue weighted by atomic mass is 10.1. The number of carbonyl (C=O) groups excluding carboxylic acids is 3. The van der Waals surface area contributed by atoms with E-state index in [1.54, 1.807) is 18.2 Å². The third-order valence-corrected chi connectivity index (χ3v) is 3.71. The Morgan fingerprint density at radius 3 is 1.96 bits per heavy atom. The van der Waals surface area contributed by atoms with Crippen LogP contribution in [0.25, 0.3) is 0 Å². The molecule has 7 heteroatoms. The van der Waals surface area contributed by atoms with Crippen LogP contribution in [-0.2, 0) is 9.47 Å². The van der Waals surface area contributed by atoms with Crippen LogP contribution < -0.4 is 5.32 Å². The first-order chi connectivity index (χ1) is 11.8. The minimum atomic E-state index is -0.644. The van der Waals surface area contributed by atoms with Crippen LogP contribution in [0.3, 0.4) is 0 Å². The van der Waals surface area contributed by atoms with E-state index >= 15 is 0 Å². The number of esters is 2. The van der Waals surface area contributed by atoms with Crippen molar-refractivity contribution in [2.45, 2.75) is 6.92 Å². The molecule has 0 spiro atoms. The average Bonchev–Trinajstić information content (AvgIpc) is 2.59. The number of anilines is 1. The summed E-state index contributed by atoms with van der Waals surface area (Å²) in [7, 11) is 2.44. The van der Waals surface area contributed by atoms with Crippen molar-refractivity contribution < 1.29 is 23.9 Å². The van der Waals surface area contributed by atoms with Crippen molar-refractivity contribution in [2.24, 2.45) is 0 Å². The monoisotopic (exact) mass is 361 g/mol. The van der Waals surface area contributed by atoms with E-state index < -0.39 is 17.8 Å². The van der Waals surface area contributed by atoms with Crippen LogP contribution in [0.2, 0.25) is 5.02 Å². The molecule has 0 heterocycles. The maximum Gasteiger partial charge on any atom is 0.337 e. The molecule has 0 aromatic heterocycles. The Bertz CT molecular complexity index is 813. The first-order valence-corrected chi connectivity index (χ1v) is 7.62. The molecule has 0 aliphatic carbocycles. The summed E-state index contributed by atoms with van der Waals surface area (Å²) >= 11 is 6.09. The van der Waals surface area contributed by atoms with Gasteiger partial charge in [-0.2, -0.15) is 0 Å². The number of rotatable bonds is 4. The maximum absolute atomic E-state index is 12.4. The summed E-state index contributed by atoms with van der Waals surface area (Å²) in [6.45, 7) is 1.86. The molecule has 2 aromatic rings. The van der Waals surface area contributed by atoms with Gasteiger partial charge in [-0.1, -0.05) is 17.7 Å². The smallest absolute Gasteiger partial charge is 0.337 e. The number of amides is 1. The van der Waals surface area contributed by atoms with Crippen LogP contribution in [0, 0.1) is 6.92 Å². The first kappa shape index (κ1) is 18.5. The Balaban J connectivity index is 2.38. The molecule has 0 unspecified atom stereocenters. The van der Waals surface area contributed by atoms with Crippen molar-refractivity contribution in [1.82, 2.24) is 0 Å². The molecule has 1 amide bonds. The number of hydrogen-bond donors (Lipinski definition) is 1. The van der Waals surface area contributed by atoms with E-state index in [-0.39, 0.29) is 22.4 Å². The molecule has 0 saturated heterocycles. The van der Waals surface area contributed by atoms with Gasteiger partial charge >= 0.3 is 11.9 Å². The predicted octanol–water partition coefficient (Wildman–Crippen LogP) is 3.47. The normalized spacial score (nSPS) is 10.1. The number of halogens is 1. The number of benzene rings is 2. The van der Waals surface area contributed by atoms with Crippen LogP contribution >= 0.6 is 11.6 Å². The minimum absolute atomic E-state index is 0.107. The van der Waals surface area contributed by atoms with Crippen LogP contribution in [0.1, 0.15) is 36.6 Å². The van der Waals surface area contributed by atoms with Gasteiger partial charge in [0.15, 0.2) is 0 Å². The minimum Gasteiger partial charge on any atom is -0.465 e. The summed E-state index contributed by atoms with van der Waals surface area (Å²) in [5.74, 6) is -1.76. The predicted molar refractivity (Wildman–Crippen MR) is 93.3 cm³/mol. The highest BCUT2D eigenvalue weighted by atomic mass is 35.5. The zero-order chi connectivity index (χ0) is 18.6. The quantitative estimate of drug-likeness (QED) is 0.843. The van der Waals surface area contributed by atoms with Crippen molar-refractivity contribution in [3.8, 4) is 0 Å². The van der Waals surface area contributed by atoms with Crippen LogP contribution in [0.15, 0.2) is 36.4 Å². The third kappa shape index (κ3) is 4.36. The summed E-state index contributed by atoms with van der Waals surface area (Å²) in [6, 6.07) is 9.15. The molecule has 0 saturated carbocycles. The molecule has 130 valence electrons. The van der Waals surface area contributed by atoms with E-state index in [4.69, 9.17) is 11.6 Å². The second kappa shape index (κ2) is 7.81. The van der Waals surface area contributed by atoms with Gasteiger partial charge in [-0.05, 0) is 42.8 Å². The largest absolute Gasteiger partial charge is 0.465 e. The average molecular weight is 362 g/mol. The Kier molecular flexibility index (Phi) is 5.77. The standard InChI is InChI=1S/C18H16ClNO5/c1-10-4-5-14(15(19)6-10)16(21)20-13-8-11(17(22)24-2)7-12(9-13)18(23)25-3/h4-9H,1-3H3,(H,20,21). The van der Waals surface area contributed by atoms with Gasteiger partial charge in [-0.3, -0.25) is 4.79 Å². The zero-order valence-electron chi connectivity index (χ0n) is 13.9. The van der Waals surface area contributed by atoms with Crippen molar-refractivity contribution in [3.63, 3.8) is 0 Å². The van der Waals surface area contributed by atoms with E-state index in [0.717, 1.165) is 5.56 Å². The molecule has 2 aromatic carbocycles. The topological polar surface area (TPSA) is 81.7 Å². The molecule has 0 aliphatic rings. The number of ether oxygens (including phenoxy) is 2. The highest BCUT2D eigenvalue weighted by Crippen LogP contribution is 2.21.